The molecule has 2 saturated heterocycles. The summed E-state index contributed by atoms with van der Waals surface area (Å²) >= 11 is 0. The van der Waals surface area contributed by atoms with Gasteiger partial charge in [0.25, 0.3) is 0 Å². The van der Waals surface area contributed by atoms with Crippen molar-refractivity contribution in [2.45, 2.75) is 18.5 Å². The molecule has 194 valence electrons. The van der Waals surface area contributed by atoms with Crippen molar-refractivity contribution in [3.05, 3.63) is 78.2 Å². The summed E-state index contributed by atoms with van der Waals surface area (Å²) < 4.78 is 9.56. The first-order valence-electron chi connectivity index (χ1n) is 12.7. The van der Waals surface area contributed by atoms with Gasteiger partial charge >= 0.3 is 6.09 Å². The number of nitrogens with zero attached hydrogens (tertiary/aromatic N) is 5. The lowest BCUT2D eigenvalue weighted by Crippen LogP contribution is -2.66. The highest BCUT2D eigenvalue weighted by Crippen LogP contribution is 2.39. The van der Waals surface area contributed by atoms with Gasteiger partial charge in [-0.25, -0.2) is 9.78 Å². The van der Waals surface area contributed by atoms with Crippen LogP contribution in [-0.2, 0) is 16.1 Å². The molecule has 7 rings (SSSR count). The number of nitriles is 1. The molecule has 3 aliphatic heterocycles. The van der Waals surface area contributed by atoms with Crippen LogP contribution in [0.2, 0.25) is 0 Å². The molecular weight excluding hydrogens is 496 g/mol. The van der Waals surface area contributed by atoms with Crippen LogP contribution in [0.5, 0.6) is 0 Å². The molecule has 0 spiro atoms. The quantitative estimate of drug-likeness (QED) is 0.373. The zero-order chi connectivity index (χ0) is 26.7. The Morgan fingerprint density at radius 2 is 1.97 bits per heavy atom. The molecule has 1 unspecified atom stereocenters. The molecule has 0 aliphatic carbocycles. The number of imidazole rings is 1. The second-order valence-electron chi connectivity index (χ2n) is 10.3. The molecule has 10 nitrogen and oxygen atoms in total. The lowest BCUT2D eigenvalue weighted by molar-refractivity contribution is -0.120. The molecule has 39 heavy (non-hydrogen) atoms. The summed E-state index contributed by atoms with van der Waals surface area (Å²) in [6.45, 7) is 1.56. The minimum absolute atomic E-state index is 0.0277. The predicted molar refractivity (Wildman–Crippen MR) is 141 cm³/mol. The fourth-order valence-electron chi connectivity index (χ4n) is 5.97. The van der Waals surface area contributed by atoms with E-state index in [0.29, 0.717) is 18.7 Å². The number of hydrogen-bond acceptors (Lipinski definition) is 5. The topological polar surface area (TPSA) is 125 Å². The van der Waals surface area contributed by atoms with Gasteiger partial charge in [-0.15, -0.1) is 0 Å². The maximum Gasteiger partial charge on any atom is 0.405 e. The Labute approximate surface area is 223 Å². The molecule has 5 heterocycles. The third-order valence-electron chi connectivity index (χ3n) is 8.07. The predicted octanol–water partition coefficient (Wildman–Crippen LogP) is 3.63. The summed E-state index contributed by atoms with van der Waals surface area (Å²) in [6, 6.07) is 17.8. The van der Waals surface area contributed by atoms with Crippen molar-refractivity contribution in [1.29, 1.82) is 5.26 Å². The summed E-state index contributed by atoms with van der Waals surface area (Å²) in [6.07, 6.45) is 4.97. The van der Waals surface area contributed by atoms with E-state index < -0.39 is 11.6 Å². The van der Waals surface area contributed by atoms with Gasteiger partial charge in [-0.1, -0.05) is 12.1 Å². The fourth-order valence-corrected chi connectivity index (χ4v) is 5.97. The maximum absolute atomic E-state index is 13.1. The summed E-state index contributed by atoms with van der Waals surface area (Å²) in [5, 5.41) is 21.1. The van der Waals surface area contributed by atoms with Crippen LogP contribution in [0.1, 0.15) is 17.5 Å². The van der Waals surface area contributed by atoms with Gasteiger partial charge in [-0.05, 0) is 47.5 Å². The molecule has 3 aliphatic rings. The molecule has 4 aromatic rings. The van der Waals surface area contributed by atoms with E-state index in [1.165, 1.54) is 0 Å². The highest BCUT2D eigenvalue weighted by molar-refractivity contribution is 5.96. The number of rotatable bonds is 4. The van der Waals surface area contributed by atoms with Crippen LogP contribution in [0, 0.1) is 17.2 Å². The highest BCUT2D eigenvalue weighted by Gasteiger charge is 2.51. The van der Waals surface area contributed by atoms with E-state index in [1.54, 1.807) is 11.1 Å². The smallest absolute Gasteiger partial charge is 0.405 e. The van der Waals surface area contributed by atoms with Crippen LogP contribution < -0.4 is 10.2 Å². The van der Waals surface area contributed by atoms with E-state index in [1.807, 2.05) is 48.7 Å². The first-order chi connectivity index (χ1) is 18.9. The number of ether oxygens (including phenoxy) is 1. The van der Waals surface area contributed by atoms with Gasteiger partial charge in [0, 0.05) is 55.3 Å². The minimum atomic E-state index is -1.10. The Morgan fingerprint density at radius 3 is 2.69 bits per heavy atom. The Kier molecular flexibility index (Phi) is 5.11. The number of nitrogens with one attached hydrogen (secondary N) is 1. The first-order valence-corrected chi connectivity index (χ1v) is 12.7. The molecule has 2 aromatic carbocycles. The van der Waals surface area contributed by atoms with E-state index in [4.69, 9.17) is 10.00 Å². The number of benzene rings is 2. The van der Waals surface area contributed by atoms with Crippen molar-refractivity contribution in [2.24, 2.45) is 5.92 Å². The second kappa shape index (κ2) is 8.58. The maximum atomic E-state index is 13.1. The van der Waals surface area contributed by atoms with E-state index in [9.17, 15) is 14.7 Å². The number of carbonyl (C=O) groups excluding carboxylic acids is 1. The average molecular weight is 521 g/mol. The van der Waals surface area contributed by atoms with Crippen molar-refractivity contribution >= 4 is 17.7 Å². The lowest BCUT2D eigenvalue weighted by Gasteiger charge is -2.45. The summed E-state index contributed by atoms with van der Waals surface area (Å²) in [5.41, 5.74) is 5.72. The zero-order valence-electron chi connectivity index (χ0n) is 20.9. The van der Waals surface area contributed by atoms with Gasteiger partial charge in [0.05, 0.1) is 41.8 Å². The van der Waals surface area contributed by atoms with Crippen molar-refractivity contribution in [2.75, 3.05) is 24.7 Å². The largest absolute Gasteiger partial charge is 0.465 e. The van der Waals surface area contributed by atoms with Crippen LogP contribution in [0.15, 0.2) is 67.1 Å². The summed E-state index contributed by atoms with van der Waals surface area (Å²) in [4.78, 5) is 30.9. The Morgan fingerprint density at radius 1 is 1.15 bits per heavy atom. The summed E-state index contributed by atoms with van der Waals surface area (Å²) in [5.74, 6) is 0.630. The Hall–Kier alpha value is -4.88. The average Bonchev–Trinajstić information content (AvgIpc) is 3.63. The molecule has 1 atom stereocenters. The van der Waals surface area contributed by atoms with Crippen LogP contribution in [0.4, 0.5) is 10.5 Å². The first kappa shape index (κ1) is 23.3. The Balaban J connectivity index is 1.23. The van der Waals surface area contributed by atoms with Gasteiger partial charge < -0.3 is 24.6 Å². The van der Waals surface area contributed by atoms with Gasteiger partial charge in [0.15, 0.2) is 5.82 Å². The van der Waals surface area contributed by atoms with Gasteiger partial charge in [0.2, 0.25) is 5.91 Å². The van der Waals surface area contributed by atoms with Gasteiger partial charge in [-0.2, -0.15) is 5.26 Å². The minimum Gasteiger partial charge on any atom is -0.465 e. The van der Waals surface area contributed by atoms with Crippen molar-refractivity contribution in [1.82, 2.24) is 19.4 Å². The van der Waals surface area contributed by atoms with E-state index >= 15 is 0 Å². The molecule has 2 fully saturated rings. The number of aromatic nitrogens is 3. The zero-order valence-corrected chi connectivity index (χ0v) is 20.9. The van der Waals surface area contributed by atoms with Crippen LogP contribution in [-0.4, -0.2) is 56.5 Å². The van der Waals surface area contributed by atoms with Crippen molar-refractivity contribution in [3.8, 4) is 34.4 Å². The third kappa shape index (κ3) is 3.70. The summed E-state index contributed by atoms with van der Waals surface area (Å²) in [7, 11) is 0. The molecule has 0 bridgehead atoms. The van der Waals surface area contributed by atoms with Gasteiger partial charge in [-0.3, -0.25) is 9.36 Å². The molecule has 2 amide bonds. The monoisotopic (exact) mass is 520 g/mol. The van der Waals surface area contributed by atoms with Crippen molar-refractivity contribution in [3.63, 3.8) is 0 Å². The van der Waals surface area contributed by atoms with Crippen LogP contribution >= 0.6 is 0 Å². The fraction of sp³-hybridized carbons (Fsp3) is 0.241. The normalized spacial score (nSPS) is 18.8. The third-order valence-corrected chi connectivity index (χ3v) is 8.07. The van der Waals surface area contributed by atoms with Crippen molar-refractivity contribution < 1.29 is 19.4 Å². The molecule has 10 heteroatoms. The SMILES string of the molecule is N#Cc1ccc(-c2cc3n(c2)Cc2cc(N4CC(C5(NC(=O)O)COC5)CC4=O)ccc2-n2ccnc2-3)cc1. The van der Waals surface area contributed by atoms with E-state index in [0.717, 1.165) is 39.6 Å². The Bertz CT molecular complexity index is 1670. The number of anilines is 1. The van der Waals surface area contributed by atoms with E-state index in [2.05, 4.69) is 37.8 Å². The van der Waals surface area contributed by atoms with Crippen LogP contribution in [0.25, 0.3) is 28.3 Å². The number of carboxylic acid groups (broad SMARTS) is 1. The number of carbonyl (C=O) groups is 2. The number of fused-ring (bicyclic) bond motifs is 5. The number of hydrogen-bond donors (Lipinski definition) is 2. The van der Waals surface area contributed by atoms with Gasteiger partial charge in [0.1, 0.15) is 0 Å². The number of amides is 2. The van der Waals surface area contributed by atoms with E-state index in [-0.39, 0.29) is 31.5 Å². The molecular formula is C29H24N6O4. The molecule has 0 saturated carbocycles. The second-order valence-corrected chi connectivity index (χ2v) is 10.3. The molecule has 0 radical (unpaired) electrons. The molecule has 2 N–H and O–H groups in total. The van der Waals surface area contributed by atoms with Crippen LogP contribution in [0.3, 0.4) is 0 Å². The molecule has 2 aromatic heterocycles. The highest BCUT2D eigenvalue weighted by atomic mass is 16.5. The standard InChI is InChI=1S/C29H24N6O4/c30-12-18-1-3-19(4-2-18)20-10-25-27-31-7-8-34(27)24-6-5-23(9-21(24)14-33(25)13-20)35-15-22(11-26(35)36)29(16-39-17-29)32-28(37)38/h1-10,13,22,32H,11,14-17H2,(H,37,38). The lowest BCUT2D eigenvalue weighted by atomic mass is 9.81.